The number of fused-ring (bicyclic) bond motifs is 1. The monoisotopic (exact) mass is 327 g/mol. The van der Waals surface area contributed by atoms with Crippen LogP contribution in [0, 0.1) is 0 Å². The molecule has 1 atom stereocenters. The van der Waals surface area contributed by atoms with Crippen molar-refractivity contribution >= 4 is 33.2 Å². The van der Waals surface area contributed by atoms with Crippen LogP contribution in [0.4, 0.5) is 5.69 Å². The molecule has 6 heteroatoms. The van der Waals surface area contributed by atoms with E-state index in [1.807, 2.05) is 31.2 Å². The quantitative estimate of drug-likeness (QED) is 0.838. The first-order valence-corrected chi connectivity index (χ1v) is 9.43. The molecule has 1 aromatic carbocycles. The number of carbonyl (C=O) groups is 1. The third-order valence-electron chi connectivity index (χ3n) is 3.47. The lowest BCUT2D eigenvalue weighted by atomic mass is 10.2. The number of thioether (sulfide) groups is 1. The zero-order valence-corrected chi connectivity index (χ0v) is 14.4. The van der Waals surface area contributed by atoms with Crippen molar-refractivity contribution in [3.8, 4) is 0 Å². The zero-order valence-electron chi connectivity index (χ0n) is 12.8. The second-order valence-electron chi connectivity index (χ2n) is 6.27. The van der Waals surface area contributed by atoms with Crippen LogP contribution >= 0.6 is 11.8 Å². The number of rotatable bonds is 2. The highest BCUT2D eigenvalue weighted by Gasteiger charge is 2.35. The van der Waals surface area contributed by atoms with Gasteiger partial charge in [-0.25, -0.2) is 8.42 Å². The van der Waals surface area contributed by atoms with Crippen LogP contribution in [0.5, 0.6) is 0 Å². The number of anilines is 1. The maximum atomic E-state index is 12.5. The lowest BCUT2D eigenvalue weighted by molar-refractivity contribution is -0.116. The number of carbonyl (C=O) groups excluding carboxylic acids is 1. The van der Waals surface area contributed by atoms with E-state index in [0.717, 1.165) is 10.6 Å². The molecule has 1 heterocycles. The second-order valence-corrected chi connectivity index (χ2v) is 10.5. The predicted molar refractivity (Wildman–Crippen MR) is 87.7 cm³/mol. The number of benzene rings is 1. The first-order chi connectivity index (χ1) is 9.62. The minimum atomic E-state index is -3.46. The number of hydrogen-bond donors (Lipinski definition) is 0. The van der Waals surface area contributed by atoms with Gasteiger partial charge in [-0.3, -0.25) is 4.79 Å². The van der Waals surface area contributed by atoms with Crippen molar-refractivity contribution in [3.05, 3.63) is 24.3 Å². The highest BCUT2D eigenvalue weighted by molar-refractivity contribution is 8.00. The van der Waals surface area contributed by atoms with Gasteiger partial charge in [0.1, 0.15) is 5.75 Å². The molecule has 0 saturated heterocycles. The average Bonchev–Trinajstić information content (AvgIpc) is 2.35. The molecule has 116 valence electrons. The van der Waals surface area contributed by atoms with Crippen molar-refractivity contribution in [2.75, 3.05) is 17.2 Å². The summed E-state index contributed by atoms with van der Waals surface area (Å²) in [6.07, 6.45) is 0. The second kappa shape index (κ2) is 5.65. The Labute approximate surface area is 130 Å². The van der Waals surface area contributed by atoms with Crippen molar-refractivity contribution in [2.24, 2.45) is 0 Å². The van der Waals surface area contributed by atoms with Gasteiger partial charge in [-0.1, -0.05) is 19.1 Å². The summed E-state index contributed by atoms with van der Waals surface area (Å²) in [7, 11) is -3.46. The summed E-state index contributed by atoms with van der Waals surface area (Å²) in [5.74, 6) is -0.785. The smallest absolute Gasteiger partial charge is 0.242 e. The zero-order chi connectivity index (χ0) is 15.8. The van der Waals surface area contributed by atoms with E-state index < -0.39 is 20.3 Å². The minimum Gasteiger partial charge on any atom is -0.309 e. The predicted octanol–water partition coefficient (Wildman–Crippen LogP) is 2.73. The van der Waals surface area contributed by atoms with E-state index in [0.29, 0.717) is 6.54 Å². The fraction of sp³-hybridized carbons (Fsp3) is 0.533. The molecule has 1 aliphatic rings. The van der Waals surface area contributed by atoms with E-state index in [2.05, 4.69) is 0 Å². The number of para-hydroxylation sites is 1. The largest absolute Gasteiger partial charge is 0.309 e. The van der Waals surface area contributed by atoms with Crippen LogP contribution in [0.15, 0.2) is 29.2 Å². The Hall–Kier alpha value is -1.01. The Bertz CT molecular complexity index is 647. The summed E-state index contributed by atoms with van der Waals surface area (Å²) < 4.78 is 23.6. The number of nitrogens with zero attached hydrogens (tertiary/aromatic N) is 1. The summed E-state index contributed by atoms with van der Waals surface area (Å²) in [5, 5.41) is 0.251. The molecule has 0 saturated carbocycles. The Balaban J connectivity index is 2.29. The van der Waals surface area contributed by atoms with Gasteiger partial charge in [0.05, 0.1) is 10.4 Å². The summed E-state index contributed by atoms with van der Waals surface area (Å²) >= 11 is 1.71. The molecule has 0 spiro atoms. The Morgan fingerprint density at radius 1 is 1.33 bits per heavy atom. The molecule has 0 aliphatic carbocycles. The van der Waals surface area contributed by atoms with Gasteiger partial charge < -0.3 is 4.90 Å². The molecule has 2 rings (SSSR count). The normalized spacial score (nSPS) is 19.2. The molecule has 0 bridgehead atoms. The number of hydrogen-bond acceptors (Lipinski definition) is 4. The van der Waals surface area contributed by atoms with Crippen LogP contribution in [-0.4, -0.2) is 36.6 Å². The van der Waals surface area contributed by atoms with Gasteiger partial charge in [-0.15, -0.1) is 11.8 Å². The molecule has 0 N–H and O–H groups in total. The molecule has 0 unspecified atom stereocenters. The molecule has 4 nitrogen and oxygen atoms in total. The molecular weight excluding hydrogens is 306 g/mol. The molecule has 0 aromatic heterocycles. The first-order valence-electron chi connectivity index (χ1n) is 6.90. The van der Waals surface area contributed by atoms with Crippen molar-refractivity contribution in [1.29, 1.82) is 0 Å². The summed E-state index contributed by atoms with van der Waals surface area (Å²) in [4.78, 5) is 15.1. The van der Waals surface area contributed by atoms with E-state index >= 15 is 0 Å². The van der Waals surface area contributed by atoms with Crippen LogP contribution in [0.25, 0.3) is 0 Å². The SMILES string of the molecule is C[C@H]1CN(C(=O)CS(=O)(=O)C(C)(C)C)c2ccccc2S1. The van der Waals surface area contributed by atoms with Crippen LogP contribution in [0.1, 0.15) is 27.7 Å². The van der Waals surface area contributed by atoms with Crippen molar-refractivity contribution in [2.45, 2.75) is 42.6 Å². The highest BCUT2D eigenvalue weighted by atomic mass is 32.2. The van der Waals surface area contributed by atoms with E-state index in [-0.39, 0.29) is 11.2 Å². The van der Waals surface area contributed by atoms with Gasteiger partial charge in [0.15, 0.2) is 9.84 Å². The summed E-state index contributed by atoms with van der Waals surface area (Å²) in [6, 6.07) is 7.64. The van der Waals surface area contributed by atoms with Crippen LogP contribution in [0.3, 0.4) is 0 Å². The number of amides is 1. The van der Waals surface area contributed by atoms with Gasteiger partial charge >= 0.3 is 0 Å². The van der Waals surface area contributed by atoms with E-state index in [4.69, 9.17) is 0 Å². The molecule has 0 radical (unpaired) electrons. The third-order valence-corrected chi connectivity index (χ3v) is 7.12. The topological polar surface area (TPSA) is 54.5 Å². The Morgan fingerprint density at radius 2 is 1.95 bits per heavy atom. The standard InChI is InChI=1S/C15H21NO3S2/c1-11-9-16(12-7-5-6-8-13(12)20-11)14(17)10-21(18,19)15(2,3)4/h5-8,11H,9-10H2,1-4H3/t11-/m0/s1. The Kier molecular flexibility index (Phi) is 4.40. The molecule has 0 fully saturated rings. The van der Waals surface area contributed by atoms with Gasteiger partial charge in [0, 0.05) is 16.7 Å². The van der Waals surface area contributed by atoms with Gasteiger partial charge in [-0.05, 0) is 32.9 Å². The van der Waals surface area contributed by atoms with Crippen LogP contribution in [-0.2, 0) is 14.6 Å². The van der Waals surface area contributed by atoms with E-state index in [1.165, 1.54) is 0 Å². The average molecular weight is 327 g/mol. The van der Waals surface area contributed by atoms with Crippen LogP contribution in [0.2, 0.25) is 0 Å². The molecule has 1 amide bonds. The highest BCUT2D eigenvalue weighted by Crippen LogP contribution is 2.38. The van der Waals surface area contributed by atoms with Crippen molar-refractivity contribution in [3.63, 3.8) is 0 Å². The lowest BCUT2D eigenvalue weighted by Crippen LogP contribution is -2.44. The number of sulfone groups is 1. The molecule has 1 aromatic rings. The first kappa shape index (κ1) is 16.4. The molecular formula is C15H21NO3S2. The summed E-state index contributed by atoms with van der Waals surface area (Å²) in [6.45, 7) is 7.45. The van der Waals surface area contributed by atoms with Crippen molar-refractivity contribution in [1.82, 2.24) is 0 Å². The van der Waals surface area contributed by atoms with E-state index in [1.54, 1.807) is 37.4 Å². The van der Waals surface area contributed by atoms with Crippen LogP contribution < -0.4 is 4.90 Å². The fourth-order valence-electron chi connectivity index (χ4n) is 2.08. The molecule has 21 heavy (non-hydrogen) atoms. The summed E-state index contributed by atoms with van der Waals surface area (Å²) in [5.41, 5.74) is 0.815. The lowest BCUT2D eigenvalue weighted by Gasteiger charge is -2.33. The minimum absolute atomic E-state index is 0.251. The van der Waals surface area contributed by atoms with Gasteiger partial charge in [0.25, 0.3) is 0 Å². The maximum absolute atomic E-state index is 12.5. The fourth-order valence-corrected chi connectivity index (χ4v) is 4.11. The maximum Gasteiger partial charge on any atom is 0.242 e. The third kappa shape index (κ3) is 3.43. The van der Waals surface area contributed by atoms with Gasteiger partial charge in [0.2, 0.25) is 5.91 Å². The van der Waals surface area contributed by atoms with Gasteiger partial charge in [-0.2, -0.15) is 0 Å². The Morgan fingerprint density at radius 3 is 2.57 bits per heavy atom. The van der Waals surface area contributed by atoms with E-state index in [9.17, 15) is 13.2 Å². The van der Waals surface area contributed by atoms with Crippen molar-refractivity contribution < 1.29 is 13.2 Å². The molecule has 1 aliphatic heterocycles.